The Hall–Kier alpha value is -0.760. The molecule has 1 heterocycles. The Balaban J connectivity index is 2.10. The lowest BCUT2D eigenvalue weighted by Gasteiger charge is -2.21. The van der Waals surface area contributed by atoms with Crippen LogP contribution in [-0.2, 0) is 0 Å². The largest absolute Gasteiger partial charge is 0.250 e. The maximum Gasteiger partial charge on any atom is 0.0757 e. The van der Waals surface area contributed by atoms with Gasteiger partial charge in [-0.3, -0.25) is 4.99 Å². The lowest BCUT2D eigenvalue weighted by molar-refractivity contribution is 0.736. The Kier molecular flexibility index (Phi) is 3.47. The smallest absolute Gasteiger partial charge is 0.0757 e. The minimum atomic E-state index is -0.237. The highest BCUT2D eigenvalue weighted by Crippen LogP contribution is 2.49. The third-order valence-electron chi connectivity index (χ3n) is 2.77. The molecule has 1 aliphatic heterocycles. The summed E-state index contributed by atoms with van der Waals surface area (Å²) in [5, 5.41) is 0.535. The molecule has 2 rings (SSSR count). The molecule has 1 aromatic rings. The van der Waals surface area contributed by atoms with E-state index in [1.54, 1.807) is 0 Å². The molecule has 0 aromatic heterocycles. The molecule has 81 valence electrons. The average molecular weight is 220 g/mol. The minimum absolute atomic E-state index is 0.237. The van der Waals surface area contributed by atoms with Gasteiger partial charge in [0, 0.05) is 10.4 Å². The summed E-state index contributed by atoms with van der Waals surface area (Å²) in [7, 11) is -0.237. The van der Waals surface area contributed by atoms with Gasteiger partial charge in [-0.15, -0.1) is 0 Å². The fraction of sp³-hybridized carbons (Fsp3) is 0.385. The monoisotopic (exact) mass is 220 g/mol. The van der Waals surface area contributed by atoms with Gasteiger partial charge in [-0.2, -0.15) is 10.9 Å². The Labute approximate surface area is 95.0 Å². The summed E-state index contributed by atoms with van der Waals surface area (Å²) in [6.07, 6.45) is 3.76. The molecule has 0 fully saturated rings. The van der Waals surface area contributed by atoms with Gasteiger partial charge in [0.1, 0.15) is 0 Å². The molecule has 1 radical (unpaired) electrons. The lowest BCUT2D eigenvalue weighted by atomic mass is 10.2. The van der Waals surface area contributed by atoms with E-state index >= 15 is 0 Å². The van der Waals surface area contributed by atoms with E-state index in [1.165, 1.54) is 24.2 Å². The van der Waals surface area contributed by atoms with Crippen LogP contribution in [-0.4, -0.2) is 10.8 Å². The lowest BCUT2D eigenvalue weighted by Crippen LogP contribution is -2.03. The minimum Gasteiger partial charge on any atom is -0.250 e. The molecule has 1 aliphatic rings. The van der Waals surface area contributed by atoms with Crippen LogP contribution in [0.5, 0.6) is 0 Å². The van der Waals surface area contributed by atoms with Crippen LogP contribution < -0.4 is 0 Å². The molecule has 0 aliphatic carbocycles. The van der Waals surface area contributed by atoms with Gasteiger partial charge in [-0.05, 0) is 30.7 Å². The molecule has 2 heteroatoms. The Morgan fingerprint density at radius 3 is 3.00 bits per heavy atom. The summed E-state index contributed by atoms with van der Waals surface area (Å²) in [4.78, 5) is 5.89. The first-order valence-corrected chi connectivity index (χ1v) is 7.05. The van der Waals surface area contributed by atoms with E-state index in [1.807, 2.05) is 0 Å². The molecule has 0 spiro atoms. The number of thiol groups is 1. The van der Waals surface area contributed by atoms with Crippen molar-refractivity contribution < 1.29 is 0 Å². The van der Waals surface area contributed by atoms with Crippen molar-refractivity contribution in [3.05, 3.63) is 31.2 Å². The molecule has 0 bridgehead atoms. The quantitative estimate of drug-likeness (QED) is 0.733. The Morgan fingerprint density at radius 1 is 1.40 bits per heavy atom. The molecule has 0 saturated heterocycles. The highest BCUT2D eigenvalue weighted by molar-refractivity contribution is 8.29. The highest BCUT2D eigenvalue weighted by atomic mass is 32.2. The summed E-state index contributed by atoms with van der Waals surface area (Å²) in [6, 6.07) is 8.47. The van der Waals surface area contributed by atoms with Gasteiger partial charge in [0.2, 0.25) is 0 Å². The number of benzene rings is 1. The molecule has 1 nitrogen and oxygen atoms in total. The molecule has 2 atom stereocenters. The number of rotatable bonds is 4. The van der Waals surface area contributed by atoms with Gasteiger partial charge in [-0.1, -0.05) is 31.9 Å². The Bertz CT molecular complexity index is 359. The third kappa shape index (κ3) is 2.25. The molecular formula is C13H18NS. The van der Waals surface area contributed by atoms with Crippen molar-refractivity contribution in [2.75, 3.05) is 0 Å². The van der Waals surface area contributed by atoms with Crippen LogP contribution in [0.25, 0.3) is 0 Å². The molecule has 1 aromatic carbocycles. The standard InChI is InChI=1S/C13H18NS/c1-3-4-7-11(2)15-10-14-12-8-5-6-9-13(12)15/h5-6,8-11,15H,2-4,7H2,1H3. The van der Waals surface area contributed by atoms with E-state index < -0.39 is 0 Å². The maximum atomic E-state index is 4.47. The molecular weight excluding hydrogens is 202 g/mol. The van der Waals surface area contributed by atoms with Crippen molar-refractivity contribution in [1.82, 2.24) is 0 Å². The highest BCUT2D eigenvalue weighted by Gasteiger charge is 2.19. The number of para-hydroxylation sites is 1. The second-order valence-electron chi connectivity index (χ2n) is 3.94. The second-order valence-corrected chi connectivity index (χ2v) is 6.19. The summed E-state index contributed by atoms with van der Waals surface area (Å²) < 4.78 is 0. The van der Waals surface area contributed by atoms with Gasteiger partial charge in [0.25, 0.3) is 0 Å². The summed E-state index contributed by atoms with van der Waals surface area (Å²) >= 11 is 0. The number of hydrogen-bond donors (Lipinski definition) is 1. The number of hydrogen-bond acceptors (Lipinski definition) is 1. The van der Waals surface area contributed by atoms with E-state index in [0.29, 0.717) is 5.25 Å². The molecule has 0 amide bonds. The van der Waals surface area contributed by atoms with Crippen molar-refractivity contribution in [2.24, 2.45) is 4.99 Å². The van der Waals surface area contributed by atoms with Crippen molar-refractivity contribution in [1.29, 1.82) is 0 Å². The first-order chi connectivity index (χ1) is 7.33. The van der Waals surface area contributed by atoms with Crippen molar-refractivity contribution >= 4 is 22.1 Å². The van der Waals surface area contributed by atoms with E-state index in [4.69, 9.17) is 0 Å². The summed E-state index contributed by atoms with van der Waals surface area (Å²) in [5.74, 6) is 0. The first kappa shape index (κ1) is 10.7. The predicted octanol–water partition coefficient (Wildman–Crippen LogP) is 4.11. The summed E-state index contributed by atoms with van der Waals surface area (Å²) in [6.45, 7) is 6.53. The van der Waals surface area contributed by atoms with Crippen LogP contribution in [0, 0.1) is 6.92 Å². The molecule has 15 heavy (non-hydrogen) atoms. The van der Waals surface area contributed by atoms with Crippen LogP contribution in [0.1, 0.15) is 26.2 Å². The van der Waals surface area contributed by atoms with Crippen LogP contribution in [0.2, 0.25) is 0 Å². The fourth-order valence-corrected chi connectivity index (χ4v) is 3.92. The van der Waals surface area contributed by atoms with Crippen molar-refractivity contribution in [3.8, 4) is 0 Å². The molecule has 2 unspecified atom stereocenters. The molecule has 0 N–H and O–H groups in total. The van der Waals surface area contributed by atoms with Gasteiger partial charge in [0.15, 0.2) is 0 Å². The van der Waals surface area contributed by atoms with E-state index in [-0.39, 0.29) is 10.9 Å². The first-order valence-electron chi connectivity index (χ1n) is 5.57. The fourth-order valence-electron chi connectivity index (χ4n) is 1.85. The predicted molar refractivity (Wildman–Crippen MR) is 70.5 cm³/mol. The second kappa shape index (κ2) is 4.84. The number of fused-ring (bicyclic) bond motifs is 1. The molecule has 0 saturated carbocycles. The Morgan fingerprint density at radius 2 is 2.20 bits per heavy atom. The van der Waals surface area contributed by atoms with E-state index in [0.717, 1.165) is 5.69 Å². The van der Waals surface area contributed by atoms with E-state index in [2.05, 4.69) is 48.7 Å². The summed E-state index contributed by atoms with van der Waals surface area (Å²) in [5.41, 5.74) is 3.29. The van der Waals surface area contributed by atoms with Gasteiger partial charge in [-0.25, -0.2) is 0 Å². The zero-order valence-corrected chi connectivity index (χ0v) is 10.1. The zero-order chi connectivity index (χ0) is 10.7. The van der Waals surface area contributed by atoms with Crippen LogP contribution in [0.3, 0.4) is 0 Å². The average Bonchev–Trinajstić information content (AvgIpc) is 2.69. The van der Waals surface area contributed by atoms with Gasteiger partial charge in [0.05, 0.1) is 5.69 Å². The van der Waals surface area contributed by atoms with Crippen LogP contribution >= 0.6 is 10.9 Å². The van der Waals surface area contributed by atoms with Crippen molar-refractivity contribution in [2.45, 2.75) is 36.3 Å². The number of aliphatic imine (C=N–C) groups is 1. The zero-order valence-electron chi connectivity index (χ0n) is 9.19. The topological polar surface area (TPSA) is 12.4 Å². The normalized spacial score (nSPS) is 22.7. The SMILES string of the molecule is [CH2]C(CCCC)[SH]1C=Nc2ccccc21. The number of unbranched alkanes of at least 4 members (excludes halogenated alkanes) is 1. The van der Waals surface area contributed by atoms with E-state index in [9.17, 15) is 0 Å². The number of nitrogens with zero attached hydrogens (tertiary/aromatic N) is 1. The third-order valence-corrected chi connectivity index (χ3v) is 5.11. The maximum absolute atomic E-state index is 4.47. The van der Waals surface area contributed by atoms with Gasteiger partial charge < -0.3 is 0 Å². The van der Waals surface area contributed by atoms with Gasteiger partial charge >= 0.3 is 0 Å². The van der Waals surface area contributed by atoms with Crippen LogP contribution in [0.15, 0.2) is 34.2 Å². The van der Waals surface area contributed by atoms with Crippen LogP contribution in [0.4, 0.5) is 5.69 Å². The van der Waals surface area contributed by atoms with Crippen molar-refractivity contribution in [3.63, 3.8) is 0 Å².